The molecule has 1 atom stereocenters. The van der Waals surface area contributed by atoms with E-state index in [9.17, 15) is 4.79 Å². The van der Waals surface area contributed by atoms with Gasteiger partial charge in [0.1, 0.15) is 12.1 Å². The molecule has 3 aromatic heterocycles. The average Bonchev–Trinajstić information content (AvgIpc) is 3.18. The van der Waals surface area contributed by atoms with Crippen LogP contribution in [-0.4, -0.2) is 29.5 Å². The van der Waals surface area contributed by atoms with Gasteiger partial charge in [0.25, 0.3) is 5.56 Å². The van der Waals surface area contributed by atoms with E-state index in [2.05, 4.69) is 20.2 Å². The lowest BCUT2D eigenvalue weighted by Crippen LogP contribution is -2.27. The van der Waals surface area contributed by atoms with E-state index in [4.69, 9.17) is 5.73 Å². The first kappa shape index (κ1) is 20.6. The van der Waals surface area contributed by atoms with Crippen molar-refractivity contribution >= 4 is 16.9 Å². The van der Waals surface area contributed by atoms with Gasteiger partial charge in [-0.05, 0) is 25.0 Å². The molecule has 164 valence electrons. The highest BCUT2D eigenvalue weighted by atomic mass is 16.1. The number of rotatable bonds is 5. The maximum absolute atomic E-state index is 13.7. The van der Waals surface area contributed by atoms with Crippen LogP contribution in [0.2, 0.25) is 0 Å². The maximum Gasteiger partial charge on any atom is 0.275 e. The third-order valence-electron chi connectivity index (χ3n) is 5.82. The molecule has 8 heteroatoms. The molecule has 33 heavy (non-hydrogen) atoms. The zero-order chi connectivity index (χ0) is 22.9. The zero-order valence-corrected chi connectivity index (χ0v) is 18.4. The molecule has 2 aromatic carbocycles. The van der Waals surface area contributed by atoms with Crippen molar-refractivity contribution < 1.29 is 0 Å². The Morgan fingerprint density at radius 1 is 1.00 bits per heavy atom. The second-order valence-electron chi connectivity index (χ2n) is 7.95. The summed E-state index contributed by atoms with van der Waals surface area (Å²) in [5, 5.41) is 9.91. The van der Waals surface area contributed by atoms with Gasteiger partial charge in [-0.25, -0.2) is 19.3 Å². The Bertz CT molecular complexity index is 1490. The normalized spacial score (nSPS) is 12.2. The summed E-state index contributed by atoms with van der Waals surface area (Å²) in [5.74, 6) is 0.385. The molecule has 0 saturated heterocycles. The van der Waals surface area contributed by atoms with Crippen LogP contribution in [-0.2, 0) is 6.54 Å². The van der Waals surface area contributed by atoms with Crippen LogP contribution < -0.4 is 11.3 Å². The fraction of sp³-hybridized carbons (Fsp3) is 0.160. The molecule has 0 spiro atoms. The highest BCUT2D eigenvalue weighted by Gasteiger charge is 2.23. The van der Waals surface area contributed by atoms with Gasteiger partial charge in [0, 0.05) is 5.56 Å². The molecule has 8 nitrogen and oxygen atoms in total. The fourth-order valence-corrected chi connectivity index (χ4v) is 4.15. The SMILES string of the molecule is Cc1nn(C(C)c2cnn(Cc3ccccc3)c(=O)c2-c2ccccc2)c2ncnc(N)c12. The first-order valence-corrected chi connectivity index (χ1v) is 10.7. The van der Waals surface area contributed by atoms with Crippen LogP contribution in [0.5, 0.6) is 0 Å². The molecule has 5 rings (SSSR count). The van der Waals surface area contributed by atoms with Gasteiger partial charge in [-0.3, -0.25) is 4.79 Å². The van der Waals surface area contributed by atoms with Crippen LogP contribution in [0.15, 0.2) is 78.0 Å². The summed E-state index contributed by atoms with van der Waals surface area (Å²) in [6.45, 7) is 4.25. The predicted molar refractivity (Wildman–Crippen MR) is 128 cm³/mol. The van der Waals surface area contributed by atoms with Gasteiger partial charge < -0.3 is 5.73 Å². The van der Waals surface area contributed by atoms with Gasteiger partial charge in [-0.1, -0.05) is 60.7 Å². The van der Waals surface area contributed by atoms with Crippen LogP contribution in [0.3, 0.4) is 0 Å². The molecular formula is C25H23N7O. The minimum atomic E-state index is -0.308. The van der Waals surface area contributed by atoms with Crippen LogP contribution in [0, 0.1) is 6.92 Å². The lowest BCUT2D eigenvalue weighted by Gasteiger charge is -2.18. The van der Waals surface area contributed by atoms with Crippen LogP contribution in [0.4, 0.5) is 5.82 Å². The molecule has 2 N–H and O–H groups in total. The Morgan fingerprint density at radius 2 is 1.70 bits per heavy atom. The summed E-state index contributed by atoms with van der Waals surface area (Å²) in [4.78, 5) is 22.2. The van der Waals surface area contributed by atoms with Gasteiger partial charge in [-0.2, -0.15) is 10.2 Å². The fourth-order valence-electron chi connectivity index (χ4n) is 4.15. The Kier molecular flexibility index (Phi) is 5.18. The van der Waals surface area contributed by atoms with Crippen molar-refractivity contribution in [1.29, 1.82) is 0 Å². The van der Waals surface area contributed by atoms with Crippen molar-refractivity contribution in [3.8, 4) is 11.1 Å². The average molecular weight is 438 g/mol. The topological polar surface area (TPSA) is 105 Å². The molecule has 0 aliphatic heterocycles. The second-order valence-corrected chi connectivity index (χ2v) is 7.95. The molecule has 5 aromatic rings. The van der Waals surface area contributed by atoms with E-state index in [-0.39, 0.29) is 11.6 Å². The molecule has 0 aliphatic carbocycles. The Balaban J connectivity index is 1.69. The second kappa shape index (κ2) is 8.31. The number of benzene rings is 2. The van der Waals surface area contributed by atoms with Crippen LogP contribution in [0.25, 0.3) is 22.2 Å². The quantitative estimate of drug-likeness (QED) is 0.450. The Hall–Kier alpha value is -4.33. The summed E-state index contributed by atoms with van der Waals surface area (Å²) < 4.78 is 3.29. The summed E-state index contributed by atoms with van der Waals surface area (Å²) in [7, 11) is 0. The zero-order valence-electron chi connectivity index (χ0n) is 18.4. The summed E-state index contributed by atoms with van der Waals surface area (Å²) in [6, 6.07) is 19.2. The van der Waals surface area contributed by atoms with Gasteiger partial charge in [-0.15, -0.1) is 0 Å². The first-order chi connectivity index (χ1) is 16.0. The number of hydrogen-bond acceptors (Lipinski definition) is 6. The highest BCUT2D eigenvalue weighted by Crippen LogP contribution is 2.30. The molecule has 0 fully saturated rings. The summed E-state index contributed by atoms with van der Waals surface area (Å²) >= 11 is 0. The van der Waals surface area contributed by atoms with E-state index >= 15 is 0 Å². The third-order valence-corrected chi connectivity index (χ3v) is 5.82. The number of nitrogen functional groups attached to an aromatic ring is 1. The standard InChI is InChI=1S/C25H23N7O/c1-16-21-23(26)27-15-28-24(21)32(30-16)17(2)20-13-29-31(14-18-9-5-3-6-10-18)25(33)22(20)19-11-7-4-8-12-19/h3-13,15,17H,14H2,1-2H3,(H2,26,27,28). The van der Waals surface area contributed by atoms with Gasteiger partial charge in [0.05, 0.1) is 35.4 Å². The number of nitrogens with two attached hydrogens (primary N) is 1. The van der Waals surface area contributed by atoms with Crippen molar-refractivity contribution in [2.45, 2.75) is 26.4 Å². The number of anilines is 1. The number of fused-ring (bicyclic) bond motifs is 1. The van der Waals surface area contributed by atoms with Crippen LogP contribution >= 0.6 is 0 Å². The van der Waals surface area contributed by atoms with E-state index in [1.807, 2.05) is 74.5 Å². The van der Waals surface area contributed by atoms with Crippen molar-refractivity contribution in [1.82, 2.24) is 29.5 Å². The lowest BCUT2D eigenvalue weighted by atomic mass is 9.98. The minimum absolute atomic E-state index is 0.156. The van der Waals surface area contributed by atoms with Gasteiger partial charge in [0.15, 0.2) is 5.65 Å². The van der Waals surface area contributed by atoms with Crippen LogP contribution in [0.1, 0.15) is 29.8 Å². The first-order valence-electron chi connectivity index (χ1n) is 10.7. The highest BCUT2D eigenvalue weighted by molar-refractivity contribution is 5.88. The molecule has 0 amide bonds. The number of hydrogen-bond donors (Lipinski definition) is 1. The molecule has 0 aliphatic rings. The van der Waals surface area contributed by atoms with Gasteiger partial charge in [0.2, 0.25) is 0 Å². The Morgan fingerprint density at radius 3 is 2.42 bits per heavy atom. The molecular weight excluding hydrogens is 414 g/mol. The van der Waals surface area contributed by atoms with Crippen molar-refractivity contribution in [3.05, 3.63) is 100 Å². The van der Waals surface area contributed by atoms with Crippen molar-refractivity contribution in [2.24, 2.45) is 0 Å². The maximum atomic E-state index is 13.7. The molecule has 0 saturated carbocycles. The largest absolute Gasteiger partial charge is 0.383 e. The van der Waals surface area contributed by atoms with Crippen molar-refractivity contribution in [2.75, 3.05) is 5.73 Å². The third kappa shape index (κ3) is 3.65. The molecule has 1 unspecified atom stereocenters. The predicted octanol–water partition coefficient (Wildman–Crippen LogP) is 3.60. The molecule has 0 bridgehead atoms. The Labute approximate surface area is 190 Å². The van der Waals surface area contributed by atoms with E-state index < -0.39 is 0 Å². The minimum Gasteiger partial charge on any atom is -0.383 e. The molecule has 0 radical (unpaired) electrons. The lowest BCUT2D eigenvalue weighted by molar-refractivity contribution is 0.560. The van der Waals surface area contributed by atoms with Gasteiger partial charge >= 0.3 is 0 Å². The van der Waals surface area contributed by atoms with Crippen molar-refractivity contribution in [3.63, 3.8) is 0 Å². The monoisotopic (exact) mass is 437 g/mol. The number of aryl methyl sites for hydroxylation is 1. The summed E-state index contributed by atoms with van der Waals surface area (Å²) in [6.07, 6.45) is 3.18. The number of nitrogens with zero attached hydrogens (tertiary/aromatic N) is 6. The molecule has 3 heterocycles. The van der Waals surface area contributed by atoms with E-state index in [1.54, 1.807) is 10.9 Å². The number of aromatic nitrogens is 6. The summed E-state index contributed by atoms with van der Waals surface area (Å²) in [5.41, 5.74) is 10.5. The van der Waals surface area contributed by atoms with E-state index in [0.717, 1.165) is 27.8 Å². The van der Waals surface area contributed by atoms with E-state index in [0.29, 0.717) is 23.6 Å². The smallest absolute Gasteiger partial charge is 0.275 e. The van der Waals surface area contributed by atoms with E-state index in [1.165, 1.54) is 11.0 Å².